The molecule has 0 aromatic heterocycles. The van der Waals surface area contributed by atoms with E-state index in [1.54, 1.807) is 0 Å². The number of ether oxygens (including phenoxy) is 4. The molecule has 39 heavy (non-hydrogen) atoms. The van der Waals surface area contributed by atoms with Crippen LogP contribution in [0.1, 0.15) is 77.6 Å². The van der Waals surface area contributed by atoms with Gasteiger partial charge in [0, 0.05) is 5.92 Å². The Bertz CT molecular complexity index is 584. The van der Waals surface area contributed by atoms with Crippen molar-refractivity contribution in [3.8, 4) is 0 Å². The van der Waals surface area contributed by atoms with E-state index in [0.717, 1.165) is 19.3 Å². The molecule has 12 nitrogen and oxygen atoms in total. The molecule has 2 rings (SSSR count). The standard InChI is InChI=1S/C27H52O12/c1-2-3-4-5-6-7-8-9-10-11-12-17(15-36-26-24(34)22(32)20(30)18(13-28)38-26)16-37-27-25(35)23(33)21(31)19(14-29)39-27/h17-35H,2-16H2,1H3/t17?,18-,19-,20-,21-,22+,23+,24-,25-,26-,27+/m1/s1. The van der Waals surface area contributed by atoms with Crippen molar-refractivity contribution >= 4 is 0 Å². The van der Waals surface area contributed by atoms with Gasteiger partial charge in [0.15, 0.2) is 12.6 Å². The minimum Gasteiger partial charge on any atom is -0.394 e. The second kappa shape index (κ2) is 18.9. The van der Waals surface area contributed by atoms with E-state index < -0.39 is 74.6 Å². The van der Waals surface area contributed by atoms with E-state index in [0.29, 0.717) is 6.42 Å². The fraction of sp³-hybridized carbons (Fsp3) is 1.00. The summed E-state index contributed by atoms with van der Waals surface area (Å²) in [5.41, 5.74) is 0. The molecule has 1 unspecified atom stereocenters. The van der Waals surface area contributed by atoms with E-state index in [4.69, 9.17) is 18.9 Å². The van der Waals surface area contributed by atoms with Crippen molar-refractivity contribution in [3.63, 3.8) is 0 Å². The van der Waals surface area contributed by atoms with Gasteiger partial charge in [-0.15, -0.1) is 0 Å². The van der Waals surface area contributed by atoms with Crippen LogP contribution in [-0.4, -0.2) is 129 Å². The predicted octanol–water partition coefficient (Wildman–Crippen LogP) is -0.453. The zero-order valence-corrected chi connectivity index (χ0v) is 23.2. The van der Waals surface area contributed by atoms with Gasteiger partial charge in [0.2, 0.25) is 0 Å². The molecule has 2 saturated heterocycles. The Morgan fingerprint density at radius 3 is 1.31 bits per heavy atom. The molecule has 2 fully saturated rings. The first-order chi connectivity index (χ1) is 18.7. The van der Waals surface area contributed by atoms with E-state index in [1.807, 2.05) is 0 Å². The van der Waals surface area contributed by atoms with Gasteiger partial charge in [0.25, 0.3) is 0 Å². The van der Waals surface area contributed by atoms with Crippen molar-refractivity contribution in [2.24, 2.45) is 5.92 Å². The number of aliphatic hydroxyl groups is 8. The predicted molar refractivity (Wildman–Crippen MR) is 139 cm³/mol. The molecule has 0 amide bonds. The Kier molecular flexibility index (Phi) is 16.8. The molecule has 0 aromatic carbocycles. The molecule has 0 radical (unpaired) electrons. The van der Waals surface area contributed by atoms with Crippen LogP contribution in [0, 0.1) is 5.92 Å². The molecular weight excluding hydrogens is 516 g/mol. The van der Waals surface area contributed by atoms with Crippen LogP contribution in [0.5, 0.6) is 0 Å². The van der Waals surface area contributed by atoms with Crippen molar-refractivity contribution in [1.82, 2.24) is 0 Å². The number of hydrogen-bond donors (Lipinski definition) is 8. The number of unbranched alkanes of at least 4 members (excludes halogenated alkanes) is 9. The topological polar surface area (TPSA) is 199 Å². The molecule has 2 aliphatic heterocycles. The summed E-state index contributed by atoms with van der Waals surface area (Å²) in [6.45, 7) is 1.16. The SMILES string of the molecule is CCCCCCCCCCCCC(CO[C@@H]1O[C@H](CO)[C@@H](O)[C@H](O)[C@H]1O)CO[C@H]1O[C@H](CO)[C@@H](O)[C@H](O)[C@H]1O. The monoisotopic (exact) mass is 568 g/mol. The van der Waals surface area contributed by atoms with E-state index in [1.165, 1.54) is 44.9 Å². The van der Waals surface area contributed by atoms with Crippen LogP contribution in [0.3, 0.4) is 0 Å². The maximum absolute atomic E-state index is 10.3. The van der Waals surface area contributed by atoms with Crippen LogP contribution < -0.4 is 0 Å². The minimum atomic E-state index is -1.55. The van der Waals surface area contributed by atoms with E-state index in [-0.39, 0.29) is 19.1 Å². The second-order valence-corrected chi connectivity index (χ2v) is 10.9. The third-order valence-corrected chi connectivity index (χ3v) is 7.66. The van der Waals surface area contributed by atoms with Gasteiger partial charge in [-0.2, -0.15) is 0 Å². The molecule has 0 aliphatic carbocycles. The van der Waals surface area contributed by atoms with Crippen molar-refractivity contribution < 1.29 is 59.8 Å². The van der Waals surface area contributed by atoms with Crippen molar-refractivity contribution in [3.05, 3.63) is 0 Å². The molecule has 0 aromatic rings. The molecular formula is C27H52O12. The van der Waals surface area contributed by atoms with E-state index >= 15 is 0 Å². The molecule has 11 atom stereocenters. The molecule has 12 heteroatoms. The molecule has 0 saturated carbocycles. The van der Waals surface area contributed by atoms with Crippen molar-refractivity contribution in [2.45, 2.75) is 139 Å². The molecule has 8 N–H and O–H groups in total. The molecule has 0 spiro atoms. The summed E-state index contributed by atoms with van der Waals surface area (Å²) in [6.07, 6.45) is -1.45. The lowest BCUT2D eigenvalue weighted by molar-refractivity contribution is -0.312. The average Bonchev–Trinajstić information content (AvgIpc) is 2.94. The summed E-state index contributed by atoms with van der Waals surface area (Å²) in [5.74, 6) is -0.251. The molecule has 0 bridgehead atoms. The van der Waals surface area contributed by atoms with Gasteiger partial charge in [-0.25, -0.2) is 0 Å². The van der Waals surface area contributed by atoms with E-state index in [2.05, 4.69) is 6.92 Å². The first-order valence-corrected chi connectivity index (χ1v) is 14.6. The normalized spacial score (nSPS) is 36.2. The van der Waals surface area contributed by atoms with Crippen LogP contribution in [0.25, 0.3) is 0 Å². The van der Waals surface area contributed by atoms with Gasteiger partial charge in [0.1, 0.15) is 48.8 Å². The maximum Gasteiger partial charge on any atom is 0.186 e. The zero-order valence-electron chi connectivity index (χ0n) is 23.2. The quantitative estimate of drug-likeness (QED) is 0.0935. The molecule has 2 aliphatic rings. The summed E-state index contributed by atoms with van der Waals surface area (Å²) in [4.78, 5) is 0. The van der Waals surface area contributed by atoms with Gasteiger partial charge in [0.05, 0.1) is 26.4 Å². The molecule has 2 heterocycles. The first-order valence-electron chi connectivity index (χ1n) is 14.6. The van der Waals surface area contributed by atoms with Gasteiger partial charge in [-0.3, -0.25) is 0 Å². The Balaban J connectivity index is 1.86. The van der Waals surface area contributed by atoms with Gasteiger partial charge >= 0.3 is 0 Å². The Labute approximate surface area is 231 Å². The highest BCUT2D eigenvalue weighted by Crippen LogP contribution is 2.26. The van der Waals surface area contributed by atoms with Crippen LogP contribution in [-0.2, 0) is 18.9 Å². The maximum atomic E-state index is 10.3. The first kappa shape index (κ1) is 34.7. The van der Waals surface area contributed by atoms with Crippen LogP contribution >= 0.6 is 0 Å². The van der Waals surface area contributed by atoms with Crippen LogP contribution in [0.15, 0.2) is 0 Å². The zero-order chi connectivity index (χ0) is 28.8. The molecule has 232 valence electrons. The number of rotatable bonds is 19. The lowest BCUT2D eigenvalue weighted by atomic mass is 9.98. The van der Waals surface area contributed by atoms with Crippen molar-refractivity contribution in [2.75, 3.05) is 26.4 Å². The smallest absolute Gasteiger partial charge is 0.186 e. The third-order valence-electron chi connectivity index (χ3n) is 7.66. The van der Waals surface area contributed by atoms with Crippen LogP contribution in [0.2, 0.25) is 0 Å². The Hall–Kier alpha value is -0.480. The second-order valence-electron chi connectivity index (χ2n) is 10.9. The fourth-order valence-corrected chi connectivity index (χ4v) is 5.01. The summed E-state index contributed by atoms with van der Waals surface area (Å²) in [6, 6.07) is 0. The highest BCUT2D eigenvalue weighted by Gasteiger charge is 2.45. The van der Waals surface area contributed by atoms with Crippen molar-refractivity contribution in [1.29, 1.82) is 0 Å². The highest BCUT2D eigenvalue weighted by atomic mass is 16.7. The Morgan fingerprint density at radius 1 is 0.538 bits per heavy atom. The highest BCUT2D eigenvalue weighted by molar-refractivity contribution is 4.90. The lowest BCUT2D eigenvalue weighted by Gasteiger charge is -2.41. The lowest BCUT2D eigenvalue weighted by Crippen LogP contribution is -2.59. The summed E-state index contributed by atoms with van der Waals surface area (Å²) in [5, 5.41) is 79.4. The third kappa shape index (κ3) is 11.0. The largest absolute Gasteiger partial charge is 0.394 e. The Morgan fingerprint density at radius 2 is 0.923 bits per heavy atom. The van der Waals surface area contributed by atoms with Crippen LogP contribution in [0.4, 0.5) is 0 Å². The number of hydrogen-bond acceptors (Lipinski definition) is 12. The average molecular weight is 569 g/mol. The van der Waals surface area contributed by atoms with Gasteiger partial charge < -0.3 is 59.8 Å². The summed E-state index contributed by atoms with van der Waals surface area (Å²) < 4.78 is 22.3. The van der Waals surface area contributed by atoms with Gasteiger partial charge in [-0.05, 0) is 6.42 Å². The van der Waals surface area contributed by atoms with E-state index in [9.17, 15) is 40.9 Å². The number of aliphatic hydroxyl groups excluding tert-OH is 8. The summed E-state index contributed by atoms with van der Waals surface area (Å²) in [7, 11) is 0. The fourth-order valence-electron chi connectivity index (χ4n) is 5.01. The minimum absolute atomic E-state index is 0.0392. The van der Waals surface area contributed by atoms with Gasteiger partial charge in [-0.1, -0.05) is 71.1 Å². The summed E-state index contributed by atoms with van der Waals surface area (Å²) >= 11 is 0.